The fraction of sp³-hybridized carbons (Fsp3) is 0.419. The second kappa shape index (κ2) is 15.7. The Morgan fingerprint density at radius 1 is 1.04 bits per heavy atom. The fourth-order valence-electron chi connectivity index (χ4n) is 8.64. The first-order chi connectivity index (χ1) is 25.6. The van der Waals surface area contributed by atoms with E-state index in [0.29, 0.717) is 47.7 Å². The summed E-state index contributed by atoms with van der Waals surface area (Å²) >= 11 is 0. The molecule has 5 N–H and O–H groups in total. The number of nitrogen functional groups attached to an aromatic ring is 1. The third-order valence-electron chi connectivity index (χ3n) is 11.4. The third-order valence-corrected chi connectivity index (χ3v) is 13.9. The monoisotopic (exact) mass is 750 g/mol. The summed E-state index contributed by atoms with van der Waals surface area (Å²) in [5.41, 5.74) is 11.2. The largest absolute Gasteiger partial charge is 0.432 e. The molecule has 10 nitrogen and oxygen atoms in total. The van der Waals surface area contributed by atoms with Crippen LogP contribution in [0.4, 0.5) is 17.1 Å². The van der Waals surface area contributed by atoms with Crippen molar-refractivity contribution < 1.29 is 29.0 Å². The molecule has 0 aliphatic carbocycles. The SMILES string of the molecule is CC(C)=CCC/C(C)=C/CN1C(=O)[C@@]2(O[C@@H](CC(=O)N3Cc4ccccc4C[C@H]3CO)[C@H]([Si](C)(C)O)[C@H]2C)c2cc(NC(=O)c3ccc(N)cc3)ccc21. The number of nitrogens with two attached hydrogens (primary N) is 1. The van der Waals surface area contributed by atoms with Gasteiger partial charge in [-0.3, -0.25) is 14.4 Å². The molecule has 1 fully saturated rings. The number of carbonyl (C=O) groups is 3. The summed E-state index contributed by atoms with van der Waals surface area (Å²) < 4.78 is 7.00. The van der Waals surface area contributed by atoms with Gasteiger partial charge in [0.1, 0.15) is 0 Å². The molecule has 286 valence electrons. The maximum atomic E-state index is 15.0. The van der Waals surface area contributed by atoms with Gasteiger partial charge in [0.2, 0.25) is 5.91 Å². The molecule has 3 aromatic carbocycles. The Morgan fingerprint density at radius 3 is 2.41 bits per heavy atom. The number of fused-ring (bicyclic) bond motifs is 3. The average molecular weight is 751 g/mol. The Hall–Kier alpha value is -4.55. The molecule has 1 spiro atoms. The van der Waals surface area contributed by atoms with Crippen molar-refractivity contribution in [3.05, 3.63) is 112 Å². The molecule has 0 radical (unpaired) electrons. The molecular weight excluding hydrogens is 697 g/mol. The Labute approximate surface area is 319 Å². The summed E-state index contributed by atoms with van der Waals surface area (Å²) in [6, 6.07) is 19.6. The molecule has 3 amide bonds. The number of aliphatic hydroxyl groups excluding tert-OH is 1. The normalized spacial score (nSPS) is 23.7. The topological polar surface area (TPSA) is 145 Å². The number of aliphatic hydroxyl groups is 1. The third kappa shape index (κ3) is 7.68. The van der Waals surface area contributed by atoms with Crippen LogP contribution in [0.25, 0.3) is 0 Å². The summed E-state index contributed by atoms with van der Waals surface area (Å²) in [6.45, 7) is 12.3. The zero-order valence-corrected chi connectivity index (χ0v) is 33.3. The van der Waals surface area contributed by atoms with Gasteiger partial charge in [0.25, 0.3) is 11.8 Å². The van der Waals surface area contributed by atoms with E-state index in [-0.39, 0.29) is 36.8 Å². The first kappa shape index (κ1) is 39.1. The fourth-order valence-corrected chi connectivity index (χ4v) is 11.2. The van der Waals surface area contributed by atoms with Gasteiger partial charge >= 0.3 is 0 Å². The van der Waals surface area contributed by atoms with Crippen LogP contribution in [-0.2, 0) is 32.9 Å². The zero-order valence-electron chi connectivity index (χ0n) is 32.3. The summed E-state index contributed by atoms with van der Waals surface area (Å²) in [7, 11) is -3.08. The minimum Gasteiger partial charge on any atom is -0.432 e. The van der Waals surface area contributed by atoms with E-state index < -0.39 is 31.5 Å². The number of anilines is 3. The van der Waals surface area contributed by atoms with Crippen LogP contribution in [0, 0.1) is 5.92 Å². The van der Waals surface area contributed by atoms with Crippen LogP contribution in [0.15, 0.2) is 90.0 Å². The van der Waals surface area contributed by atoms with E-state index in [1.807, 2.05) is 50.3 Å². The number of amides is 3. The van der Waals surface area contributed by atoms with E-state index in [2.05, 4.69) is 38.2 Å². The van der Waals surface area contributed by atoms with Gasteiger partial charge < -0.3 is 35.5 Å². The summed E-state index contributed by atoms with van der Waals surface area (Å²) in [5, 5.41) is 13.3. The predicted molar refractivity (Wildman–Crippen MR) is 215 cm³/mol. The van der Waals surface area contributed by atoms with Crippen LogP contribution in [0.3, 0.4) is 0 Å². The van der Waals surface area contributed by atoms with Crippen LogP contribution in [0.1, 0.15) is 74.0 Å². The molecule has 3 aliphatic heterocycles. The van der Waals surface area contributed by atoms with Gasteiger partial charge in [-0.05, 0) is 107 Å². The number of hydrogen-bond donors (Lipinski definition) is 4. The Morgan fingerprint density at radius 2 is 1.74 bits per heavy atom. The molecule has 0 bridgehead atoms. The van der Waals surface area contributed by atoms with Crippen molar-refractivity contribution in [1.82, 2.24) is 4.90 Å². The lowest BCUT2D eigenvalue weighted by molar-refractivity contribution is -0.150. The highest BCUT2D eigenvalue weighted by Gasteiger charge is 2.66. The van der Waals surface area contributed by atoms with Crippen molar-refractivity contribution >= 4 is 43.1 Å². The van der Waals surface area contributed by atoms with Crippen molar-refractivity contribution in [2.45, 2.75) is 96.3 Å². The number of ether oxygens (including phenoxy) is 1. The molecule has 54 heavy (non-hydrogen) atoms. The number of carbonyl (C=O) groups excluding carboxylic acids is 3. The highest BCUT2D eigenvalue weighted by atomic mass is 28.4. The molecule has 3 aliphatic rings. The summed E-state index contributed by atoms with van der Waals surface area (Å²) in [5.74, 6) is -1.27. The van der Waals surface area contributed by atoms with Crippen molar-refractivity contribution in [3.8, 4) is 0 Å². The predicted octanol–water partition coefficient (Wildman–Crippen LogP) is 6.69. The lowest BCUT2D eigenvalue weighted by atomic mass is 9.82. The first-order valence-electron chi connectivity index (χ1n) is 18.9. The minimum atomic E-state index is -3.08. The van der Waals surface area contributed by atoms with Crippen LogP contribution in [0.5, 0.6) is 0 Å². The van der Waals surface area contributed by atoms with Crippen molar-refractivity contribution in [2.24, 2.45) is 5.92 Å². The van der Waals surface area contributed by atoms with Crippen molar-refractivity contribution in [1.29, 1.82) is 0 Å². The van der Waals surface area contributed by atoms with E-state index in [9.17, 15) is 19.5 Å². The van der Waals surface area contributed by atoms with Gasteiger partial charge in [-0.25, -0.2) is 0 Å². The van der Waals surface area contributed by atoms with Crippen LogP contribution in [-0.4, -0.2) is 66.1 Å². The number of allylic oxidation sites excluding steroid dienone is 3. The number of nitrogens with zero attached hydrogens (tertiary/aromatic N) is 2. The molecule has 0 saturated carbocycles. The zero-order chi connectivity index (χ0) is 38.9. The number of nitrogens with one attached hydrogen (secondary N) is 1. The Balaban J connectivity index is 1.36. The summed E-state index contributed by atoms with van der Waals surface area (Å²) in [6.07, 6.45) is 5.77. The maximum absolute atomic E-state index is 15.0. The quantitative estimate of drug-likeness (QED) is 0.0971. The maximum Gasteiger partial charge on any atom is 0.264 e. The van der Waals surface area contributed by atoms with Gasteiger partial charge in [0.05, 0.1) is 30.9 Å². The van der Waals surface area contributed by atoms with E-state index in [1.165, 1.54) is 5.57 Å². The lowest BCUT2D eigenvalue weighted by Crippen LogP contribution is -2.48. The summed E-state index contributed by atoms with van der Waals surface area (Å²) in [4.78, 5) is 57.9. The first-order valence-corrected chi connectivity index (χ1v) is 22.0. The lowest BCUT2D eigenvalue weighted by Gasteiger charge is -2.37. The minimum absolute atomic E-state index is 0.0496. The van der Waals surface area contributed by atoms with Gasteiger partial charge in [-0.2, -0.15) is 0 Å². The van der Waals surface area contributed by atoms with E-state index in [4.69, 9.17) is 10.5 Å². The smallest absolute Gasteiger partial charge is 0.264 e. The molecular formula is C43H54N4O6Si. The molecule has 0 aromatic heterocycles. The molecule has 3 aromatic rings. The highest BCUT2D eigenvalue weighted by molar-refractivity contribution is 6.71. The molecule has 6 rings (SSSR count). The Bertz CT molecular complexity index is 1970. The van der Waals surface area contributed by atoms with Gasteiger partial charge in [0, 0.05) is 47.1 Å². The second-order valence-corrected chi connectivity index (χ2v) is 20.0. The number of hydrogen-bond acceptors (Lipinski definition) is 7. The molecule has 5 atom stereocenters. The number of rotatable bonds is 11. The van der Waals surface area contributed by atoms with Gasteiger partial charge in [-0.1, -0.05) is 54.5 Å². The van der Waals surface area contributed by atoms with Crippen molar-refractivity contribution in [3.63, 3.8) is 0 Å². The Kier molecular flexibility index (Phi) is 11.4. The van der Waals surface area contributed by atoms with E-state index >= 15 is 4.79 Å². The molecule has 11 heteroatoms. The number of benzene rings is 3. The molecule has 1 saturated heterocycles. The van der Waals surface area contributed by atoms with Gasteiger partial charge in [0.15, 0.2) is 13.9 Å². The van der Waals surface area contributed by atoms with Gasteiger partial charge in [-0.15, -0.1) is 0 Å². The van der Waals surface area contributed by atoms with Crippen LogP contribution >= 0.6 is 0 Å². The average Bonchev–Trinajstić information content (AvgIpc) is 3.55. The molecule has 3 heterocycles. The second-order valence-electron chi connectivity index (χ2n) is 16.0. The molecule has 0 unspecified atom stereocenters. The van der Waals surface area contributed by atoms with Crippen LogP contribution < -0.4 is 16.0 Å². The standard InChI is InChI=1S/C43H54N4O6Si/c1-27(2)10-9-11-28(3)20-21-46-37-19-18-34(45-41(50)30-14-16-33(44)17-15-30)23-36(37)43(42(46)51)29(4)40(54(5,6)52)38(53-43)24-39(49)47-25-32-13-8-7-12-31(32)22-35(47)26-48/h7-8,10,12-20,23,29,35,38,40,48,52H,9,11,21-22,24-26,44H2,1-6H3,(H,45,50)/b28-20+/t29-,35+,38+,40-,43+/m1/s1. The highest BCUT2D eigenvalue weighted by Crippen LogP contribution is 2.60. The van der Waals surface area contributed by atoms with Crippen LogP contribution in [0.2, 0.25) is 18.6 Å². The van der Waals surface area contributed by atoms with E-state index in [0.717, 1.165) is 29.5 Å². The van der Waals surface area contributed by atoms with E-state index in [1.54, 1.807) is 46.2 Å². The van der Waals surface area contributed by atoms with Crippen molar-refractivity contribution in [2.75, 3.05) is 29.1 Å².